The van der Waals surface area contributed by atoms with Crippen LogP contribution >= 0.6 is 22.9 Å². The molecule has 4 nitrogen and oxygen atoms in total. The van der Waals surface area contributed by atoms with Gasteiger partial charge in [-0.2, -0.15) is 0 Å². The molecule has 21 heavy (non-hydrogen) atoms. The van der Waals surface area contributed by atoms with Crippen LogP contribution < -0.4 is 5.73 Å². The van der Waals surface area contributed by atoms with E-state index in [-0.39, 0.29) is 0 Å². The van der Waals surface area contributed by atoms with Crippen molar-refractivity contribution in [1.29, 1.82) is 0 Å². The first-order valence-electron chi connectivity index (χ1n) is 7.02. The third-order valence-electron chi connectivity index (χ3n) is 3.51. The van der Waals surface area contributed by atoms with E-state index in [0.29, 0.717) is 5.13 Å². The van der Waals surface area contributed by atoms with Gasteiger partial charge in [0.2, 0.25) is 0 Å². The van der Waals surface area contributed by atoms with Gasteiger partial charge in [0.25, 0.3) is 0 Å². The van der Waals surface area contributed by atoms with E-state index in [4.69, 9.17) is 22.3 Å². The number of rotatable bonds is 5. The van der Waals surface area contributed by atoms with Gasteiger partial charge in [-0.1, -0.05) is 11.6 Å². The Hall–Kier alpha value is -1.59. The monoisotopic (exact) mass is 320 g/mol. The van der Waals surface area contributed by atoms with E-state index >= 15 is 0 Å². The van der Waals surface area contributed by atoms with Crippen molar-refractivity contribution in [2.45, 2.75) is 32.7 Å². The average Bonchev–Trinajstić information content (AvgIpc) is 3.02. The van der Waals surface area contributed by atoms with Gasteiger partial charge in [-0.15, -0.1) is 11.3 Å². The molecule has 3 aromatic rings. The van der Waals surface area contributed by atoms with Gasteiger partial charge in [-0.3, -0.25) is 0 Å². The summed E-state index contributed by atoms with van der Waals surface area (Å²) in [6.07, 6.45) is 2.87. The Labute approximate surface area is 132 Å². The molecule has 1 aromatic carbocycles. The largest absolute Gasteiger partial charge is 0.375 e. The topological polar surface area (TPSA) is 56.7 Å². The fourth-order valence-electron chi connectivity index (χ4n) is 2.55. The Morgan fingerprint density at radius 1 is 1.29 bits per heavy atom. The smallest absolute Gasteiger partial charge is 0.180 e. The summed E-state index contributed by atoms with van der Waals surface area (Å²) in [5.41, 5.74) is 8.84. The second kappa shape index (κ2) is 6.03. The number of nitrogens with two attached hydrogens (primary N) is 1. The maximum Gasteiger partial charge on any atom is 0.180 e. The van der Waals surface area contributed by atoms with E-state index in [1.54, 1.807) is 0 Å². The number of hydrogen-bond donors (Lipinski definition) is 1. The van der Waals surface area contributed by atoms with E-state index in [9.17, 15) is 0 Å². The Morgan fingerprint density at radius 2 is 2.14 bits per heavy atom. The summed E-state index contributed by atoms with van der Waals surface area (Å²) < 4.78 is 2.23. The number of anilines is 1. The summed E-state index contributed by atoms with van der Waals surface area (Å²) in [6.45, 7) is 3.03. The zero-order chi connectivity index (χ0) is 14.8. The Bertz CT molecular complexity index is 762. The average molecular weight is 321 g/mol. The number of halogens is 1. The van der Waals surface area contributed by atoms with Gasteiger partial charge < -0.3 is 10.3 Å². The van der Waals surface area contributed by atoms with Crippen molar-refractivity contribution < 1.29 is 0 Å². The molecule has 110 valence electrons. The summed E-state index contributed by atoms with van der Waals surface area (Å²) in [6, 6.07) is 5.85. The Morgan fingerprint density at radius 3 is 2.86 bits per heavy atom. The lowest BCUT2D eigenvalue weighted by atomic mass is 10.2. The number of benzene rings is 1. The summed E-state index contributed by atoms with van der Waals surface area (Å²) in [7, 11) is 0. The predicted molar refractivity (Wildman–Crippen MR) is 89.0 cm³/mol. The molecule has 2 heterocycles. The molecule has 0 unspecified atom stereocenters. The molecule has 0 amide bonds. The van der Waals surface area contributed by atoms with Crippen LogP contribution in [0.15, 0.2) is 23.6 Å². The molecule has 2 N–H and O–H groups in total. The maximum atomic E-state index is 6.08. The van der Waals surface area contributed by atoms with Crippen LogP contribution in [0.2, 0.25) is 5.02 Å². The van der Waals surface area contributed by atoms with Crippen LogP contribution in [-0.4, -0.2) is 14.5 Å². The van der Waals surface area contributed by atoms with Crippen molar-refractivity contribution in [3.05, 3.63) is 40.1 Å². The van der Waals surface area contributed by atoms with Crippen molar-refractivity contribution >= 4 is 39.1 Å². The van der Waals surface area contributed by atoms with Crippen molar-refractivity contribution in [2.75, 3.05) is 5.73 Å². The van der Waals surface area contributed by atoms with E-state index in [1.165, 1.54) is 11.3 Å². The van der Waals surface area contributed by atoms with Gasteiger partial charge in [-0.05, 0) is 38.0 Å². The first kappa shape index (κ1) is 14.4. The molecule has 0 bridgehead atoms. The molecule has 0 atom stereocenters. The molecule has 0 aliphatic carbocycles. The lowest BCUT2D eigenvalue weighted by Gasteiger charge is -2.05. The third-order valence-corrected chi connectivity index (χ3v) is 4.47. The van der Waals surface area contributed by atoms with E-state index in [1.807, 2.05) is 23.6 Å². The van der Waals surface area contributed by atoms with E-state index in [0.717, 1.165) is 53.4 Å². The SMILES string of the molecule is CCn1c(CCCc2csc(N)n2)nc2ccc(Cl)cc21. The molecule has 0 aliphatic rings. The molecule has 3 rings (SSSR count). The van der Waals surface area contributed by atoms with Crippen LogP contribution in [0.4, 0.5) is 5.13 Å². The molecule has 0 radical (unpaired) electrons. The van der Waals surface area contributed by atoms with Crippen molar-refractivity contribution in [3.63, 3.8) is 0 Å². The van der Waals surface area contributed by atoms with Gasteiger partial charge in [0.05, 0.1) is 16.7 Å². The highest BCUT2D eigenvalue weighted by Crippen LogP contribution is 2.22. The van der Waals surface area contributed by atoms with Crippen molar-refractivity contribution in [3.8, 4) is 0 Å². The molecular formula is C15H17ClN4S. The van der Waals surface area contributed by atoms with Crippen molar-refractivity contribution in [2.24, 2.45) is 0 Å². The lowest BCUT2D eigenvalue weighted by Crippen LogP contribution is -2.02. The molecule has 0 spiro atoms. The summed E-state index contributed by atoms with van der Waals surface area (Å²) in [5.74, 6) is 1.11. The molecule has 0 aliphatic heterocycles. The highest BCUT2D eigenvalue weighted by molar-refractivity contribution is 7.13. The maximum absolute atomic E-state index is 6.08. The Kier molecular flexibility index (Phi) is 4.12. The van der Waals surface area contributed by atoms with Crippen LogP contribution in [-0.2, 0) is 19.4 Å². The number of aromatic nitrogens is 3. The summed E-state index contributed by atoms with van der Waals surface area (Å²) in [5, 5.41) is 3.42. The fraction of sp³-hybridized carbons (Fsp3) is 0.333. The number of imidazole rings is 1. The first-order chi connectivity index (χ1) is 10.2. The first-order valence-corrected chi connectivity index (χ1v) is 8.27. The second-order valence-electron chi connectivity index (χ2n) is 4.94. The standard InChI is InChI=1S/C15H17ClN4S/c1-2-20-13-8-10(16)6-7-12(13)19-14(20)5-3-4-11-9-21-15(17)18-11/h6-9H,2-5H2,1H3,(H2,17,18). The van der Waals surface area contributed by atoms with Crippen LogP contribution in [0.3, 0.4) is 0 Å². The van der Waals surface area contributed by atoms with Crippen LogP contribution in [0.1, 0.15) is 24.9 Å². The number of fused-ring (bicyclic) bond motifs is 1. The molecule has 0 saturated heterocycles. The van der Waals surface area contributed by atoms with E-state index < -0.39 is 0 Å². The highest BCUT2D eigenvalue weighted by atomic mass is 35.5. The van der Waals surface area contributed by atoms with Crippen LogP contribution in [0.5, 0.6) is 0 Å². The van der Waals surface area contributed by atoms with Gasteiger partial charge >= 0.3 is 0 Å². The number of thiazole rings is 1. The zero-order valence-corrected chi connectivity index (χ0v) is 13.4. The zero-order valence-electron chi connectivity index (χ0n) is 11.8. The highest BCUT2D eigenvalue weighted by Gasteiger charge is 2.10. The van der Waals surface area contributed by atoms with Crippen LogP contribution in [0.25, 0.3) is 11.0 Å². The van der Waals surface area contributed by atoms with Crippen LogP contribution in [0, 0.1) is 0 Å². The molecular weight excluding hydrogens is 304 g/mol. The normalized spacial score (nSPS) is 11.3. The fourth-order valence-corrected chi connectivity index (χ4v) is 3.32. The van der Waals surface area contributed by atoms with Gasteiger partial charge in [0.1, 0.15) is 5.82 Å². The number of aryl methyl sites for hydroxylation is 3. The van der Waals surface area contributed by atoms with Crippen molar-refractivity contribution in [1.82, 2.24) is 14.5 Å². The number of nitrogen functional groups attached to an aromatic ring is 1. The summed E-state index contributed by atoms with van der Waals surface area (Å²) >= 11 is 7.58. The van der Waals surface area contributed by atoms with Gasteiger partial charge in [-0.25, -0.2) is 9.97 Å². The van der Waals surface area contributed by atoms with E-state index in [2.05, 4.69) is 16.5 Å². The second-order valence-corrected chi connectivity index (χ2v) is 6.26. The van der Waals surface area contributed by atoms with Gasteiger partial charge in [0.15, 0.2) is 5.13 Å². The predicted octanol–water partition coefficient (Wildman–Crippen LogP) is 3.92. The number of nitrogens with zero attached hydrogens (tertiary/aromatic N) is 3. The quantitative estimate of drug-likeness (QED) is 0.775. The molecule has 0 saturated carbocycles. The third kappa shape index (κ3) is 3.04. The number of hydrogen-bond acceptors (Lipinski definition) is 4. The summed E-state index contributed by atoms with van der Waals surface area (Å²) in [4.78, 5) is 9.01. The minimum absolute atomic E-state index is 0.639. The van der Waals surface area contributed by atoms with Gasteiger partial charge in [0, 0.05) is 23.4 Å². The molecule has 6 heteroatoms. The minimum Gasteiger partial charge on any atom is -0.375 e. The molecule has 2 aromatic heterocycles. The Balaban J connectivity index is 1.77. The molecule has 0 fully saturated rings. The minimum atomic E-state index is 0.639. The lowest BCUT2D eigenvalue weighted by molar-refractivity contribution is 0.679.